The second-order valence-electron chi connectivity index (χ2n) is 10.8. The summed E-state index contributed by atoms with van der Waals surface area (Å²) in [5.41, 5.74) is 1.22. The van der Waals surface area contributed by atoms with Crippen molar-refractivity contribution < 1.29 is 23.5 Å². The SMILES string of the molecule is N#Cc1cc(F)c2nc([C@@]3(O)[C@@H]4COC[C@H]3CC(OCc3c(-c5c(Cl)cccc5Cl)noc3C3CC3)C4)sc2c1. The number of rotatable bonds is 6. The Balaban J connectivity index is 1.15. The first-order valence-corrected chi connectivity index (χ1v) is 14.8. The van der Waals surface area contributed by atoms with Crippen molar-refractivity contribution in [2.75, 3.05) is 13.2 Å². The third-order valence-corrected chi connectivity index (χ3v) is 10.1. The Hall–Kier alpha value is -2.58. The molecule has 1 unspecified atom stereocenters. The molecule has 2 aliphatic carbocycles. The van der Waals surface area contributed by atoms with Crippen LogP contribution < -0.4 is 0 Å². The predicted molar refractivity (Wildman–Crippen MR) is 148 cm³/mol. The lowest BCUT2D eigenvalue weighted by Crippen LogP contribution is -2.55. The summed E-state index contributed by atoms with van der Waals surface area (Å²) >= 11 is 14.2. The van der Waals surface area contributed by atoms with E-state index in [0.29, 0.717) is 63.0 Å². The first kappa shape index (κ1) is 26.3. The molecule has 40 heavy (non-hydrogen) atoms. The van der Waals surface area contributed by atoms with Crippen molar-refractivity contribution in [1.82, 2.24) is 10.1 Å². The van der Waals surface area contributed by atoms with Crippen molar-refractivity contribution in [3.63, 3.8) is 0 Å². The molecule has 11 heteroatoms. The highest BCUT2D eigenvalue weighted by molar-refractivity contribution is 7.18. The molecule has 3 heterocycles. The van der Waals surface area contributed by atoms with Crippen LogP contribution in [0, 0.1) is 29.0 Å². The van der Waals surface area contributed by atoms with Gasteiger partial charge in [0.2, 0.25) is 0 Å². The van der Waals surface area contributed by atoms with E-state index in [1.165, 1.54) is 17.4 Å². The third kappa shape index (κ3) is 4.33. The lowest BCUT2D eigenvalue weighted by Gasteiger charge is -2.50. The zero-order chi connectivity index (χ0) is 27.6. The van der Waals surface area contributed by atoms with Gasteiger partial charge in [-0.25, -0.2) is 9.37 Å². The van der Waals surface area contributed by atoms with Gasteiger partial charge in [-0.1, -0.05) is 34.4 Å². The van der Waals surface area contributed by atoms with Crippen LogP contribution in [0.5, 0.6) is 0 Å². The van der Waals surface area contributed by atoms with E-state index in [2.05, 4.69) is 10.1 Å². The smallest absolute Gasteiger partial charge is 0.151 e. The van der Waals surface area contributed by atoms with Gasteiger partial charge in [-0.2, -0.15) is 5.26 Å². The molecule has 2 aromatic heterocycles. The maximum atomic E-state index is 14.7. The van der Waals surface area contributed by atoms with Gasteiger partial charge in [0, 0.05) is 28.9 Å². The molecule has 2 aromatic carbocycles. The summed E-state index contributed by atoms with van der Waals surface area (Å²) in [6.07, 6.45) is 3.01. The highest BCUT2D eigenvalue weighted by Gasteiger charge is 2.55. The summed E-state index contributed by atoms with van der Waals surface area (Å²) in [4.78, 5) is 4.52. The van der Waals surface area contributed by atoms with Gasteiger partial charge in [-0.15, -0.1) is 11.3 Å². The van der Waals surface area contributed by atoms with Crippen LogP contribution in [0.1, 0.15) is 53.5 Å². The lowest BCUT2D eigenvalue weighted by molar-refractivity contribution is -0.209. The number of halogens is 3. The molecular weight excluding hydrogens is 576 g/mol. The normalized spacial score (nSPS) is 26.2. The number of aromatic nitrogens is 2. The largest absolute Gasteiger partial charge is 0.382 e. The van der Waals surface area contributed by atoms with Crippen LogP contribution in [-0.4, -0.2) is 34.6 Å². The Morgan fingerprint density at radius 2 is 1.90 bits per heavy atom. The molecule has 1 aliphatic heterocycles. The molecule has 4 aromatic rings. The Bertz CT molecular complexity index is 1630. The van der Waals surface area contributed by atoms with Gasteiger partial charge in [0.1, 0.15) is 27.6 Å². The second kappa shape index (κ2) is 10.1. The number of fused-ring (bicyclic) bond motifs is 3. The Morgan fingerprint density at radius 3 is 2.58 bits per heavy atom. The summed E-state index contributed by atoms with van der Waals surface area (Å²) < 4.78 is 33.3. The Labute approximate surface area is 243 Å². The van der Waals surface area contributed by atoms with E-state index in [1.54, 1.807) is 24.3 Å². The first-order chi connectivity index (χ1) is 19.4. The van der Waals surface area contributed by atoms with Crippen LogP contribution in [0.4, 0.5) is 4.39 Å². The molecule has 7 rings (SSSR count). The van der Waals surface area contributed by atoms with E-state index in [4.69, 9.17) is 37.2 Å². The lowest BCUT2D eigenvalue weighted by atomic mass is 9.66. The molecule has 0 amide bonds. The summed E-state index contributed by atoms with van der Waals surface area (Å²) in [6, 6.07) is 10.1. The monoisotopic (exact) mass is 599 g/mol. The minimum Gasteiger partial charge on any atom is -0.382 e. The van der Waals surface area contributed by atoms with E-state index in [9.17, 15) is 14.8 Å². The molecule has 4 atom stereocenters. The number of hydrogen-bond acceptors (Lipinski definition) is 8. The highest BCUT2D eigenvalue weighted by Crippen LogP contribution is 2.52. The van der Waals surface area contributed by atoms with E-state index >= 15 is 0 Å². The van der Waals surface area contributed by atoms with Gasteiger partial charge in [0.25, 0.3) is 0 Å². The van der Waals surface area contributed by atoms with Crippen molar-refractivity contribution >= 4 is 44.8 Å². The molecule has 3 aliphatic rings. The van der Waals surface area contributed by atoms with Crippen molar-refractivity contribution in [1.29, 1.82) is 5.26 Å². The molecule has 0 spiro atoms. The van der Waals surface area contributed by atoms with Gasteiger partial charge in [-0.05, 0) is 49.9 Å². The number of ether oxygens (including phenoxy) is 2. The van der Waals surface area contributed by atoms with Crippen molar-refractivity contribution in [2.24, 2.45) is 11.8 Å². The first-order valence-electron chi connectivity index (χ1n) is 13.2. The summed E-state index contributed by atoms with van der Waals surface area (Å²) in [5, 5.41) is 27.1. The molecular formula is C29H24Cl2FN3O4S. The summed E-state index contributed by atoms with van der Waals surface area (Å²) in [5.74, 6) is -0.00609. The third-order valence-electron chi connectivity index (χ3n) is 8.33. The fourth-order valence-corrected chi connectivity index (χ4v) is 7.97. The maximum Gasteiger partial charge on any atom is 0.151 e. The Morgan fingerprint density at radius 1 is 1.18 bits per heavy atom. The zero-order valence-corrected chi connectivity index (χ0v) is 23.5. The quantitative estimate of drug-likeness (QED) is 0.255. The topological polar surface area (TPSA) is 101 Å². The molecule has 1 N–H and O–H groups in total. The number of benzene rings is 2. The minimum absolute atomic E-state index is 0.146. The maximum absolute atomic E-state index is 14.7. The highest BCUT2D eigenvalue weighted by atomic mass is 35.5. The van der Waals surface area contributed by atoms with E-state index in [1.807, 2.05) is 6.07 Å². The van der Waals surface area contributed by atoms with E-state index in [-0.39, 0.29) is 35.6 Å². The van der Waals surface area contributed by atoms with Crippen LogP contribution in [-0.2, 0) is 21.7 Å². The van der Waals surface area contributed by atoms with Gasteiger partial charge < -0.3 is 19.1 Å². The average molecular weight is 600 g/mol. The number of hydrogen-bond donors (Lipinski definition) is 1. The van der Waals surface area contributed by atoms with Gasteiger partial charge in [0.05, 0.1) is 52.3 Å². The van der Waals surface area contributed by atoms with E-state index < -0.39 is 11.4 Å². The minimum atomic E-state index is -1.27. The average Bonchev–Trinajstić information content (AvgIpc) is 3.53. The summed E-state index contributed by atoms with van der Waals surface area (Å²) in [6.45, 7) is 0.963. The van der Waals surface area contributed by atoms with Crippen molar-refractivity contribution in [2.45, 2.75) is 49.9 Å². The molecule has 0 radical (unpaired) electrons. The molecule has 206 valence electrons. The number of thiazole rings is 1. The van der Waals surface area contributed by atoms with E-state index in [0.717, 1.165) is 24.2 Å². The van der Waals surface area contributed by atoms with Crippen LogP contribution in [0.25, 0.3) is 21.5 Å². The second-order valence-corrected chi connectivity index (χ2v) is 12.7. The van der Waals surface area contributed by atoms with Crippen LogP contribution >= 0.6 is 34.5 Å². The van der Waals surface area contributed by atoms with Crippen molar-refractivity contribution in [3.05, 3.63) is 68.1 Å². The molecule has 2 bridgehead atoms. The number of nitrogens with zero attached hydrogens (tertiary/aromatic N) is 3. The molecule has 1 saturated heterocycles. The zero-order valence-electron chi connectivity index (χ0n) is 21.2. The number of nitriles is 1. The predicted octanol–water partition coefficient (Wildman–Crippen LogP) is 6.98. The van der Waals surface area contributed by atoms with Gasteiger partial charge >= 0.3 is 0 Å². The summed E-state index contributed by atoms with van der Waals surface area (Å²) in [7, 11) is 0. The Kier molecular flexibility index (Phi) is 6.62. The standard InChI is InChI=1S/C29H24Cl2FN3O4S/c30-20-2-1-3-21(31)24(20)25-19(27(39-35-25)15-4-5-15)13-38-18-8-16-11-37-12-17(9-18)29(16,36)28-34-26-22(32)6-14(10-33)7-23(26)40-28/h1-3,6-7,15-18,36H,4-5,8-9,11-13H2/t16-,17+,18?,29+. The molecule has 7 nitrogen and oxygen atoms in total. The van der Waals surface area contributed by atoms with Crippen molar-refractivity contribution in [3.8, 4) is 17.3 Å². The number of aliphatic hydroxyl groups is 1. The van der Waals surface area contributed by atoms with Crippen LogP contribution in [0.3, 0.4) is 0 Å². The van der Waals surface area contributed by atoms with Crippen LogP contribution in [0.15, 0.2) is 34.9 Å². The van der Waals surface area contributed by atoms with Gasteiger partial charge in [-0.3, -0.25) is 0 Å². The molecule has 3 fully saturated rings. The fourth-order valence-electron chi connectivity index (χ4n) is 6.13. The molecule has 2 saturated carbocycles. The van der Waals surface area contributed by atoms with Crippen LogP contribution in [0.2, 0.25) is 10.0 Å². The van der Waals surface area contributed by atoms with Gasteiger partial charge in [0.15, 0.2) is 5.82 Å². The fraction of sp³-hybridized carbons (Fsp3) is 0.414.